The predicted molar refractivity (Wildman–Crippen MR) is 173 cm³/mol. The van der Waals surface area contributed by atoms with Crippen molar-refractivity contribution in [2.75, 3.05) is 6.61 Å². The van der Waals surface area contributed by atoms with Gasteiger partial charge in [-0.1, -0.05) is 91.9 Å². The van der Waals surface area contributed by atoms with Crippen molar-refractivity contribution >= 4 is 35.0 Å². The van der Waals surface area contributed by atoms with Crippen molar-refractivity contribution in [3.05, 3.63) is 144 Å². The maximum atomic E-state index is 14.1. The quantitative estimate of drug-likeness (QED) is 0.213. The third-order valence-corrected chi connectivity index (χ3v) is 8.57. The molecule has 0 radical (unpaired) electrons. The summed E-state index contributed by atoms with van der Waals surface area (Å²) in [4.78, 5) is 44.6. The zero-order valence-corrected chi connectivity index (χ0v) is 25.7. The van der Waals surface area contributed by atoms with E-state index in [1.54, 1.807) is 41.8 Å². The van der Waals surface area contributed by atoms with Crippen LogP contribution in [0.25, 0.3) is 23.1 Å². The second-order valence-corrected chi connectivity index (χ2v) is 11.8. The number of hydrogen-bond donors (Lipinski definition) is 1. The lowest BCUT2D eigenvalue weighted by Crippen LogP contribution is -2.40. The Labute approximate surface area is 262 Å². The van der Waals surface area contributed by atoms with E-state index in [1.165, 1.54) is 23.5 Å². The first-order valence-corrected chi connectivity index (χ1v) is 15.4. The van der Waals surface area contributed by atoms with E-state index < -0.39 is 18.0 Å². The Bertz CT molecular complexity index is 2120. The topological polar surface area (TPSA) is 111 Å². The number of fused-ring (bicyclic) bond motifs is 1. The average molecular weight is 619 g/mol. The number of carboxylic acid groups (broad SMARTS) is 1. The second kappa shape index (κ2) is 12.4. The Kier molecular flexibility index (Phi) is 8.19. The summed E-state index contributed by atoms with van der Waals surface area (Å²) in [5.74, 6) is -0.370. The molecular formula is C36H30N2O6S. The van der Waals surface area contributed by atoms with Crippen molar-refractivity contribution in [1.29, 1.82) is 0 Å². The van der Waals surface area contributed by atoms with Crippen LogP contribution < -0.4 is 14.9 Å². The highest BCUT2D eigenvalue weighted by molar-refractivity contribution is 7.07. The number of ether oxygens (including phenoxy) is 1. The minimum atomic E-state index is -1.03. The summed E-state index contributed by atoms with van der Waals surface area (Å²) >= 11 is 1.20. The van der Waals surface area contributed by atoms with E-state index >= 15 is 0 Å². The van der Waals surface area contributed by atoms with Crippen LogP contribution in [0.4, 0.5) is 0 Å². The van der Waals surface area contributed by atoms with Crippen molar-refractivity contribution in [2.45, 2.75) is 32.7 Å². The van der Waals surface area contributed by atoms with E-state index in [0.717, 1.165) is 16.7 Å². The fourth-order valence-corrected chi connectivity index (χ4v) is 6.32. The second-order valence-electron chi connectivity index (χ2n) is 10.8. The SMILES string of the molecule is CCOC(=O)C1=C(c2ccccc2)N=c2s/c(=C\c3ccc(-c4cccc(C(=O)O)c4)o3)c(=O)n2[C@H]1c1ccc(C(C)C)cc1. The lowest BCUT2D eigenvalue weighted by atomic mass is 9.91. The zero-order chi connectivity index (χ0) is 31.7. The molecule has 5 aromatic rings. The maximum absolute atomic E-state index is 14.1. The number of thiazole rings is 1. The van der Waals surface area contributed by atoms with Gasteiger partial charge in [-0.2, -0.15) is 0 Å². The monoisotopic (exact) mass is 618 g/mol. The molecule has 0 aliphatic carbocycles. The molecule has 0 saturated carbocycles. The van der Waals surface area contributed by atoms with Gasteiger partial charge in [-0.3, -0.25) is 9.36 Å². The van der Waals surface area contributed by atoms with Gasteiger partial charge in [-0.05, 0) is 48.2 Å². The van der Waals surface area contributed by atoms with Crippen molar-refractivity contribution < 1.29 is 23.8 Å². The summed E-state index contributed by atoms with van der Waals surface area (Å²) in [6.07, 6.45) is 1.64. The van der Waals surface area contributed by atoms with E-state index in [2.05, 4.69) is 13.8 Å². The first-order chi connectivity index (χ1) is 21.7. The Morgan fingerprint density at radius 1 is 1.00 bits per heavy atom. The number of carboxylic acids is 1. The Hall–Kier alpha value is -5.28. The molecule has 6 rings (SSSR count). The molecule has 1 N–H and O–H groups in total. The predicted octanol–water partition coefficient (Wildman–Crippen LogP) is 6.02. The van der Waals surface area contributed by atoms with Gasteiger partial charge < -0.3 is 14.3 Å². The lowest BCUT2D eigenvalue weighted by Gasteiger charge is -2.26. The third kappa shape index (κ3) is 5.82. The van der Waals surface area contributed by atoms with Crippen molar-refractivity contribution in [1.82, 2.24) is 4.57 Å². The number of nitrogens with zero attached hydrogens (tertiary/aromatic N) is 2. The van der Waals surface area contributed by atoms with E-state index in [9.17, 15) is 19.5 Å². The van der Waals surface area contributed by atoms with Crippen LogP contribution in [-0.4, -0.2) is 28.2 Å². The molecule has 0 unspecified atom stereocenters. The van der Waals surface area contributed by atoms with Crippen LogP contribution in [0.5, 0.6) is 0 Å². The van der Waals surface area contributed by atoms with Crippen molar-refractivity contribution in [3.8, 4) is 11.3 Å². The first kappa shape index (κ1) is 29.8. The van der Waals surface area contributed by atoms with Gasteiger partial charge in [0.05, 0.1) is 34.0 Å². The van der Waals surface area contributed by atoms with Gasteiger partial charge in [0, 0.05) is 17.2 Å². The Balaban J connectivity index is 1.54. The highest BCUT2D eigenvalue weighted by atomic mass is 32.1. The Morgan fingerprint density at radius 3 is 2.42 bits per heavy atom. The molecule has 0 saturated heterocycles. The summed E-state index contributed by atoms with van der Waals surface area (Å²) in [6, 6.07) is 26.5. The van der Waals surface area contributed by atoms with Gasteiger partial charge in [0.25, 0.3) is 5.56 Å². The smallest absolute Gasteiger partial charge is 0.338 e. The van der Waals surface area contributed by atoms with Gasteiger partial charge >= 0.3 is 11.9 Å². The molecule has 0 spiro atoms. The van der Waals surface area contributed by atoms with Crippen LogP contribution in [0.1, 0.15) is 65.5 Å². The number of rotatable bonds is 8. The summed E-state index contributed by atoms with van der Waals surface area (Å²) < 4.78 is 13.5. The van der Waals surface area contributed by atoms with Gasteiger partial charge in [-0.15, -0.1) is 0 Å². The van der Waals surface area contributed by atoms with Gasteiger partial charge in [0.2, 0.25) is 0 Å². The molecule has 2 aromatic heterocycles. The molecule has 1 aliphatic rings. The van der Waals surface area contributed by atoms with E-state index in [1.807, 2.05) is 54.6 Å². The minimum absolute atomic E-state index is 0.145. The standard InChI is InChI=1S/C36H30N2O6S/c1-4-43-35(42)30-31(23-9-6-5-7-10-23)37-36-38(32(30)24-15-13-22(14-16-24)21(2)3)33(39)29(45-36)20-27-17-18-28(44-27)25-11-8-12-26(19-25)34(40)41/h5-21,32H,4H2,1-3H3,(H,40,41)/b29-20-/t32-/m0/s1. The van der Waals surface area contributed by atoms with Crippen LogP contribution in [0, 0.1) is 0 Å². The fraction of sp³-hybridized carbons (Fsp3) is 0.167. The largest absolute Gasteiger partial charge is 0.478 e. The molecule has 3 aromatic carbocycles. The number of aromatic nitrogens is 1. The molecule has 3 heterocycles. The molecule has 226 valence electrons. The van der Waals surface area contributed by atoms with Gasteiger partial charge in [-0.25, -0.2) is 14.6 Å². The van der Waals surface area contributed by atoms with Gasteiger partial charge in [0.15, 0.2) is 4.80 Å². The molecule has 1 aliphatic heterocycles. The zero-order valence-electron chi connectivity index (χ0n) is 24.9. The number of carbonyl (C=O) groups is 2. The molecular weight excluding hydrogens is 588 g/mol. The summed E-state index contributed by atoms with van der Waals surface area (Å²) in [7, 11) is 0. The number of furan rings is 1. The molecule has 45 heavy (non-hydrogen) atoms. The average Bonchev–Trinajstić information content (AvgIpc) is 3.65. The van der Waals surface area contributed by atoms with Crippen molar-refractivity contribution in [3.63, 3.8) is 0 Å². The minimum Gasteiger partial charge on any atom is -0.478 e. The summed E-state index contributed by atoms with van der Waals surface area (Å²) in [6.45, 7) is 6.14. The Morgan fingerprint density at radius 2 is 1.73 bits per heavy atom. The number of aromatic carboxylic acids is 1. The summed E-state index contributed by atoms with van der Waals surface area (Å²) in [5, 5.41) is 9.37. The maximum Gasteiger partial charge on any atom is 0.338 e. The molecule has 0 amide bonds. The summed E-state index contributed by atoms with van der Waals surface area (Å²) in [5.41, 5.74) is 3.81. The number of esters is 1. The first-order valence-electron chi connectivity index (χ1n) is 14.6. The number of hydrogen-bond acceptors (Lipinski definition) is 7. The van der Waals surface area contributed by atoms with Crippen LogP contribution >= 0.6 is 11.3 Å². The van der Waals surface area contributed by atoms with Crippen molar-refractivity contribution in [2.24, 2.45) is 4.99 Å². The van der Waals surface area contributed by atoms with Gasteiger partial charge in [0.1, 0.15) is 11.5 Å². The van der Waals surface area contributed by atoms with E-state index in [0.29, 0.717) is 38.0 Å². The van der Waals surface area contributed by atoms with Crippen LogP contribution in [0.2, 0.25) is 0 Å². The molecule has 1 atom stereocenters. The van der Waals surface area contributed by atoms with Crippen LogP contribution in [0.15, 0.2) is 111 Å². The van der Waals surface area contributed by atoms with E-state index in [-0.39, 0.29) is 23.3 Å². The molecule has 9 heteroatoms. The third-order valence-electron chi connectivity index (χ3n) is 7.59. The number of benzene rings is 3. The molecule has 0 fully saturated rings. The lowest BCUT2D eigenvalue weighted by molar-refractivity contribution is -0.138. The van der Waals surface area contributed by atoms with E-state index in [4.69, 9.17) is 14.1 Å². The normalized spacial score (nSPS) is 14.8. The molecule has 0 bridgehead atoms. The fourth-order valence-electron chi connectivity index (χ4n) is 5.34. The van der Waals surface area contributed by atoms with Crippen LogP contribution in [0.3, 0.4) is 0 Å². The highest BCUT2D eigenvalue weighted by Gasteiger charge is 2.35. The highest BCUT2D eigenvalue weighted by Crippen LogP contribution is 2.35. The van der Waals surface area contributed by atoms with Crippen LogP contribution in [-0.2, 0) is 9.53 Å². The number of carbonyl (C=O) groups excluding carboxylic acids is 1. The molecule has 8 nitrogen and oxygen atoms in total.